The number of hydrogen-bond acceptors (Lipinski definition) is 2. The molecule has 0 aliphatic rings. The number of benzene rings is 1. The lowest BCUT2D eigenvalue weighted by molar-refractivity contribution is 0.0334. The van der Waals surface area contributed by atoms with Crippen molar-refractivity contribution in [3.8, 4) is 0 Å². The van der Waals surface area contributed by atoms with Crippen LogP contribution < -0.4 is 0 Å². The molecule has 0 aliphatic carbocycles. The number of esters is 1. The van der Waals surface area contributed by atoms with Crippen LogP contribution in [0.25, 0.3) is 0 Å². The van der Waals surface area contributed by atoms with Crippen LogP contribution in [0.15, 0.2) is 24.3 Å². The van der Waals surface area contributed by atoms with E-state index in [0.717, 1.165) is 17.3 Å². The molecule has 0 aliphatic heterocycles. The van der Waals surface area contributed by atoms with E-state index >= 15 is 0 Å². The summed E-state index contributed by atoms with van der Waals surface area (Å²) in [7, 11) is 0. The molecule has 0 saturated carbocycles. The summed E-state index contributed by atoms with van der Waals surface area (Å²) in [6.07, 6.45) is 0.818. The summed E-state index contributed by atoms with van der Waals surface area (Å²) in [5.41, 5.74) is 1.76. The topological polar surface area (TPSA) is 26.3 Å². The van der Waals surface area contributed by atoms with Crippen molar-refractivity contribution in [1.82, 2.24) is 0 Å². The molecule has 1 aromatic carbocycles. The molecule has 1 unspecified atom stereocenters. The lowest BCUT2D eigenvalue weighted by Crippen LogP contribution is -2.13. The minimum absolute atomic E-state index is 0.0200. The highest BCUT2D eigenvalue weighted by atomic mass is 79.9. The van der Waals surface area contributed by atoms with Crippen LogP contribution in [0.3, 0.4) is 0 Å². The zero-order valence-electron chi connectivity index (χ0n) is 9.00. The molecule has 0 N–H and O–H groups in total. The zero-order chi connectivity index (χ0) is 11.3. The average molecular weight is 271 g/mol. The van der Waals surface area contributed by atoms with E-state index in [4.69, 9.17) is 4.74 Å². The van der Waals surface area contributed by atoms with Crippen molar-refractivity contribution in [2.24, 2.45) is 0 Å². The van der Waals surface area contributed by atoms with E-state index in [1.807, 2.05) is 26.0 Å². The van der Waals surface area contributed by atoms with E-state index in [-0.39, 0.29) is 12.1 Å². The number of carbonyl (C=O) groups is 1. The quantitative estimate of drug-likeness (QED) is 0.618. The Morgan fingerprint density at radius 3 is 2.47 bits per heavy atom. The summed E-state index contributed by atoms with van der Waals surface area (Å²) in [6.45, 7) is 3.89. The highest BCUT2D eigenvalue weighted by Gasteiger charge is 2.09. The van der Waals surface area contributed by atoms with Crippen molar-refractivity contribution in [2.45, 2.75) is 31.7 Å². The van der Waals surface area contributed by atoms with Gasteiger partial charge in [0, 0.05) is 5.33 Å². The summed E-state index contributed by atoms with van der Waals surface area (Å²) in [5, 5.41) is 0.799. The van der Waals surface area contributed by atoms with Gasteiger partial charge in [-0.3, -0.25) is 0 Å². The molecule has 3 heteroatoms. The maximum absolute atomic E-state index is 11.6. The second kappa shape index (κ2) is 5.91. The predicted molar refractivity (Wildman–Crippen MR) is 64.2 cm³/mol. The largest absolute Gasteiger partial charge is 0.459 e. The molecule has 15 heavy (non-hydrogen) atoms. The van der Waals surface area contributed by atoms with Gasteiger partial charge in [-0.25, -0.2) is 4.79 Å². The second-order valence-corrected chi connectivity index (χ2v) is 4.02. The maximum atomic E-state index is 11.6. The van der Waals surface area contributed by atoms with E-state index in [1.165, 1.54) is 0 Å². The van der Waals surface area contributed by atoms with Crippen molar-refractivity contribution < 1.29 is 9.53 Å². The van der Waals surface area contributed by atoms with Gasteiger partial charge in [-0.15, -0.1) is 0 Å². The van der Waals surface area contributed by atoms with E-state index < -0.39 is 0 Å². The fraction of sp³-hybridized carbons (Fsp3) is 0.417. The molecule has 0 fully saturated rings. The third-order valence-corrected chi connectivity index (χ3v) is 2.87. The SMILES string of the molecule is CCC(C)OC(=O)c1ccc(CBr)cc1. The number of carbonyl (C=O) groups excluding carboxylic acids is 1. The Kier molecular flexibility index (Phi) is 4.82. The Balaban J connectivity index is 2.66. The molecular weight excluding hydrogens is 256 g/mol. The molecule has 1 atom stereocenters. The van der Waals surface area contributed by atoms with Crippen LogP contribution in [0.1, 0.15) is 36.2 Å². The average Bonchev–Trinajstić information content (AvgIpc) is 2.29. The number of hydrogen-bond donors (Lipinski definition) is 0. The standard InChI is InChI=1S/C12H15BrO2/c1-3-9(2)15-12(14)11-6-4-10(8-13)5-7-11/h4-7,9H,3,8H2,1-2H3. The molecular formula is C12H15BrO2. The van der Waals surface area contributed by atoms with Crippen molar-refractivity contribution in [1.29, 1.82) is 0 Å². The molecule has 0 amide bonds. The van der Waals surface area contributed by atoms with Crippen LogP contribution >= 0.6 is 15.9 Å². The van der Waals surface area contributed by atoms with Gasteiger partial charge in [0.15, 0.2) is 0 Å². The number of alkyl halides is 1. The monoisotopic (exact) mass is 270 g/mol. The van der Waals surface area contributed by atoms with Gasteiger partial charge in [0.25, 0.3) is 0 Å². The van der Waals surface area contributed by atoms with Crippen LogP contribution in [0.4, 0.5) is 0 Å². The molecule has 2 nitrogen and oxygen atoms in total. The van der Waals surface area contributed by atoms with Gasteiger partial charge in [-0.2, -0.15) is 0 Å². The van der Waals surface area contributed by atoms with Crippen LogP contribution in [-0.2, 0) is 10.1 Å². The van der Waals surface area contributed by atoms with Gasteiger partial charge >= 0.3 is 5.97 Å². The third kappa shape index (κ3) is 3.67. The Hall–Kier alpha value is -0.830. The molecule has 0 aromatic heterocycles. The molecule has 1 aromatic rings. The van der Waals surface area contributed by atoms with Crippen LogP contribution in [0.2, 0.25) is 0 Å². The number of halogens is 1. The van der Waals surface area contributed by atoms with Crippen molar-refractivity contribution >= 4 is 21.9 Å². The van der Waals surface area contributed by atoms with Gasteiger partial charge in [0.2, 0.25) is 0 Å². The summed E-state index contributed by atoms with van der Waals surface area (Å²) >= 11 is 3.35. The van der Waals surface area contributed by atoms with E-state index in [0.29, 0.717) is 5.56 Å². The first-order valence-electron chi connectivity index (χ1n) is 5.03. The summed E-state index contributed by atoms with van der Waals surface area (Å²) in [5.74, 6) is -0.245. The van der Waals surface area contributed by atoms with Gasteiger partial charge in [0.05, 0.1) is 11.7 Å². The smallest absolute Gasteiger partial charge is 0.338 e. The second-order valence-electron chi connectivity index (χ2n) is 3.45. The Bertz CT molecular complexity index is 319. The fourth-order valence-corrected chi connectivity index (χ4v) is 1.44. The molecule has 0 spiro atoms. The zero-order valence-corrected chi connectivity index (χ0v) is 10.6. The van der Waals surface area contributed by atoms with Crippen molar-refractivity contribution in [2.75, 3.05) is 0 Å². The lowest BCUT2D eigenvalue weighted by atomic mass is 10.1. The Morgan fingerprint density at radius 1 is 1.40 bits per heavy atom. The van der Waals surface area contributed by atoms with Crippen LogP contribution in [-0.4, -0.2) is 12.1 Å². The number of ether oxygens (including phenoxy) is 1. The molecule has 0 heterocycles. The third-order valence-electron chi connectivity index (χ3n) is 2.23. The minimum Gasteiger partial charge on any atom is -0.459 e. The van der Waals surface area contributed by atoms with Gasteiger partial charge < -0.3 is 4.74 Å². The fourth-order valence-electron chi connectivity index (χ4n) is 1.06. The molecule has 0 radical (unpaired) electrons. The minimum atomic E-state index is -0.245. The first-order chi connectivity index (χ1) is 7.17. The summed E-state index contributed by atoms with van der Waals surface area (Å²) in [6, 6.07) is 7.42. The first kappa shape index (κ1) is 12.2. The van der Waals surface area contributed by atoms with Gasteiger partial charge in [-0.05, 0) is 31.0 Å². The van der Waals surface area contributed by atoms with Gasteiger partial charge in [-0.1, -0.05) is 35.0 Å². The Morgan fingerprint density at radius 2 is 2.00 bits per heavy atom. The highest BCUT2D eigenvalue weighted by Crippen LogP contribution is 2.10. The summed E-state index contributed by atoms with van der Waals surface area (Å²) < 4.78 is 5.21. The van der Waals surface area contributed by atoms with E-state index in [2.05, 4.69) is 15.9 Å². The Labute approximate surface area is 98.8 Å². The highest BCUT2D eigenvalue weighted by molar-refractivity contribution is 9.08. The van der Waals surface area contributed by atoms with Crippen molar-refractivity contribution in [3.63, 3.8) is 0 Å². The molecule has 0 bridgehead atoms. The molecule has 1 rings (SSSR count). The molecule has 82 valence electrons. The normalized spacial score (nSPS) is 12.2. The first-order valence-corrected chi connectivity index (χ1v) is 6.15. The molecule has 0 saturated heterocycles. The lowest BCUT2D eigenvalue weighted by Gasteiger charge is -2.10. The van der Waals surface area contributed by atoms with Crippen molar-refractivity contribution in [3.05, 3.63) is 35.4 Å². The van der Waals surface area contributed by atoms with Crippen LogP contribution in [0.5, 0.6) is 0 Å². The summed E-state index contributed by atoms with van der Waals surface area (Å²) in [4.78, 5) is 11.6. The predicted octanol–water partition coefficient (Wildman–Crippen LogP) is 3.54. The number of rotatable bonds is 4. The van der Waals surface area contributed by atoms with E-state index in [9.17, 15) is 4.79 Å². The van der Waals surface area contributed by atoms with Gasteiger partial charge in [0.1, 0.15) is 0 Å². The van der Waals surface area contributed by atoms with Crippen LogP contribution in [0, 0.1) is 0 Å². The van der Waals surface area contributed by atoms with E-state index in [1.54, 1.807) is 12.1 Å². The maximum Gasteiger partial charge on any atom is 0.338 e.